The zero-order valence-electron chi connectivity index (χ0n) is 13.7. The molecule has 1 atom stereocenters. The number of carbonyl (C=O) groups is 3. The van der Waals surface area contributed by atoms with Gasteiger partial charge in [-0.2, -0.15) is 0 Å². The Balaban J connectivity index is 1.55. The van der Waals surface area contributed by atoms with Gasteiger partial charge in [-0.15, -0.1) is 0 Å². The molecule has 0 bridgehead atoms. The zero-order valence-corrected chi connectivity index (χ0v) is 13.7. The number of amides is 2. The van der Waals surface area contributed by atoms with Crippen molar-refractivity contribution in [1.29, 1.82) is 0 Å². The molecule has 1 fully saturated rings. The molecule has 0 saturated carbocycles. The number of benzene rings is 1. The van der Waals surface area contributed by atoms with Crippen LogP contribution >= 0.6 is 0 Å². The third-order valence-corrected chi connectivity index (χ3v) is 4.28. The summed E-state index contributed by atoms with van der Waals surface area (Å²) in [6.45, 7) is 1.31. The first kappa shape index (κ1) is 17.1. The van der Waals surface area contributed by atoms with Crippen molar-refractivity contribution >= 4 is 17.8 Å². The molecule has 3 rings (SSSR count). The van der Waals surface area contributed by atoms with Crippen LogP contribution in [0.1, 0.15) is 23.2 Å². The van der Waals surface area contributed by atoms with E-state index in [4.69, 9.17) is 19.9 Å². The highest BCUT2D eigenvalue weighted by Crippen LogP contribution is 2.30. The maximum absolute atomic E-state index is 12.2. The molecule has 0 aromatic heterocycles. The van der Waals surface area contributed by atoms with E-state index in [0.29, 0.717) is 44.1 Å². The molecule has 2 aliphatic rings. The fraction of sp³-hybridized carbons (Fsp3) is 0.471. The van der Waals surface area contributed by atoms with Crippen LogP contribution in [0.4, 0.5) is 0 Å². The summed E-state index contributed by atoms with van der Waals surface area (Å²) >= 11 is 0. The zero-order chi connectivity index (χ0) is 17.8. The van der Waals surface area contributed by atoms with Crippen molar-refractivity contribution in [1.82, 2.24) is 4.90 Å². The topological polar surface area (TPSA) is 108 Å². The Kier molecular flexibility index (Phi) is 5.06. The summed E-state index contributed by atoms with van der Waals surface area (Å²) in [5.41, 5.74) is 5.58. The van der Waals surface area contributed by atoms with Crippen LogP contribution in [-0.2, 0) is 14.3 Å². The molecule has 1 aromatic rings. The quantitative estimate of drug-likeness (QED) is 0.786. The van der Waals surface area contributed by atoms with Gasteiger partial charge in [0.05, 0.1) is 11.5 Å². The Morgan fingerprint density at radius 3 is 2.72 bits per heavy atom. The van der Waals surface area contributed by atoms with E-state index in [0.717, 1.165) is 0 Å². The first-order chi connectivity index (χ1) is 12.0. The predicted octanol–water partition coefficient (Wildman–Crippen LogP) is 0.338. The van der Waals surface area contributed by atoms with Gasteiger partial charge in [-0.25, -0.2) is 4.79 Å². The Bertz CT molecular complexity index is 690. The van der Waals surface area contributed by atoms with E-state index < -0.39 is 11.9 Å². The van der Waals surface area contributed by atoms with Gasteiger partial charge in [-0.05, 0) is 31.0 Å². The van der Waals surface area contributed by atoms with Gasteiger partial charge in [-0.1, -0.05) is 0 Å². The van der Waals surface area contributed by atoms with E-state index >= 15 is 0 Å². The summed E-state index contributed by atoms with van der Waals surface area (Å²) in [6, 6.07) is 4.73. The number of primary amides is 1. The second-order valence-electron chi connectivity index (χ2n) is 6.02. The molecular formula is C17H20N2O6. The number of hydrogen-bond donors (Lipinski definition) is 1. The summed E-state index contributed by atoms with van der Waals surface area (Å²) < 4.78 is 15.9. The van der Waals surface area contributed by atoms with Gasteiger partial charge in [0.1, 0.15) is 13.2 Å². The van der Waals surface area contributed by atoms with Crippen LogP contribution in [0.5, 0.6) is 11.5 Å². The molecule has 8 heteroatoms. The lowest BCUT2D eigenvalue weighted by molar-refractivity contribution is -0.137. The van der Waals surface area contributed by atoms with Gasteiger partial charge >= 0.3 is 5.97 Å². The molecule has 8 nitrogen and oxygen atoms in total. The Morgan fingerprint density at radius 2 is 1.96 bits per heavy atom. The molecule has 0 aliphatic carbocycles. The Hall–Kier alpha value is -2.77. The number of rotatable bonds is 4. The number of piperidine rings is 1. The number of ether oxygens (including phenoxy) is 3. The molecule has 1 aromatic carbocycles. The maximum Gasteiger partial charge on any atom is 0.338 e. The van der Waals surface area contributed by atoms with E-state index in [9.17, 15) is 14.4 Å². The highest BCUT2D eigenvalue weighted by Gasteiger charge is 2.27. The second kappa shape index (κ2) is 7.42. The molecule has 0 unspecified atom stereocenters. The highest BCUT2D eigenvalue weighted by molar-refractivity contribution is 5.92. The predicted molar refractivity (Wildman–Crippen MR) is 86.2 cm³/mol. The van der Waals surface area contributed by atoms with Gasteiger partial charge in [0.15, 0.2) is 18.1 Å². The molecule has 0 radical (unpaired) electrons. The normalized spacial score (nSPS) is 19.2. The third-order valence-electron chi connectivity index (χ3n) is 4.28. The van der Waals surface area contributed by atoms with Crippen molar-refractivity contribution < 1.29 is 28.6 Å². The molecule has 25 heavy (non-hydrogen) atoms. The van der Waals surface area contributed by atoms with E-state index in [2.05, 4.69) is 0 Å². The fourth-order valence-corrected chi connectivity index (χ4v) is 2.91. The van der Waals surface area contributed by atoms with Crippen LogP contribution < -0.4 is 15.2 Å². The van der Waals surface area contributed by atoms with E-state index in [1.54, 1.807) is 12.1 Å². The lowest BCUT2D eigenvalue weighted by Crippen LogP contribution is -2.45. The number of nitrogens with zero attached hydrogens (tertiary/aromatic N) is 1. The van der Waals surface area contributed by atoms with Crippen molar-refractivity contribution in [3.05, 3.63) is 23.8 Å². The number of nitrogens with two attached hydrogens (primary N) is 1. The molecule has 0 spiro atoms. The van der Waals surface area contributed by atoms with E-state index in [1.165, 1.54) is 11.0 Å². The lowest BCUT2D eigenvalue weighted by atomic mass is 9.97. The van der Waals surface area contributed by atoms with Crippen molar-refractivity contribution in [3.8, 4) is 11.5 Å². The molecule has 2 N–H and O–H groups in total. The minimum atomic E-state index is -0.617. The number of esters is 1. The average molecular weight is 348 g/mol. The first-order valence-electron chi connectivity index (χ1n) is 8.18. The number of carbonyl (C=O) groups excluding carboxylic acids is 3. The largest absolute Gasteiger partial charge is 0.486 e. The van der Waals surface area contributed by atoms with Crippen molar-refractivity contribution in [3.63, 3.8) is 0 Å². The summed E-state index contributed by atoms with van der Waals surface area (Å²) in [6.07, 6.45) is 1.38. The van der Waals surface area contributed by atoms with Crippen LogP contribution in [-0.4, -0.2) is 55.6 Å². The van der Waals surface area contributed by atoms with Crippen LogP contribution in [0, 0.1) is 5.92 Å². The summed E-state index contributed by atoms with van der Waals surface area (Å²) in [4.78, 5) is 37.1. The number of hydrogen-bond acceptors (Lipinski definition) is 6. The van der Waals surface area contributed by atoms with Crippen molar-refractivity contribution in [2.45, 2.75) is 12.8 Å². The monoisotopic (exact) mass is 348 g/mol. The minimum Gasteiger partial charge on any atom is -0.486 e. The van der Waals surface area contributed by atoms with E-state index in [1.807, 2.05) is 0 Å². The second-order valence-corrected chi connectivity index (χ2v) is 6.02. The standard InChI is InChI=1S/C17H20N2O6/c18-16(21)12-2-1-5-19(9-12)15(20)10-25-17(22)11-3-4-13-14(8-11)24-7-6-23-13/h3-4,8,12H,1-2,5-7,9-10H2,(H2,18,21)/t12-/m1/s1. The van der Waals surface area contributed by atoms with E-state index in [-0.39, 0.29) is 30.5 Å². The maximum atomic E-state index is 12.2. The Labute approximate surface area is 144 Å². The average Bonchev–Trinajstić information content (AvgIpc) is 2.65. The molecule has 2 aliphatic heterocycles. The number of fused-ring (bicyclic) bond motifs is 1. The molecule has 1 saturated heterocycles. The molecule has 134 valence electrons. The fourth-order valence-electron chi connectivity index (χ4n) is 2.91. The third kappa shape index (κ3) is 4.01. The first-order valence-corrected chi connectivity index (χ1v) is 8.18. The minimum absolute atomic E-state index is 0.274. The van der Waals surface area contributed by atoms with Gasteiger partial charge in [0.2, 0.25) is 5.91 Å². The molecular weight excluding hydrogens is 328 g/mol. The molecule has 2 amide bonds. The molecule has 2 heterocycles. The SMILES string of the molecule is NC(=O)[C@@H]1CCCN(C(=O)COC(=O)c2ccc3c(c2)OCCO3)C1. The smallest absolute Gasteiger partial charge is 0.338 e. The van der Waals surface area contributed by atoms with Crippen LogP contribution in [0.2, 0.25) is 0 Å². The van der Waals surface area contributed by atoms with Gasteiger partial charge in [0, 0.05) is 13.1 Å². The summed E-state index contributed by atoms with van der Waals surface area (Å²) in [5.74, 6) is -0.653. The highest BCUT2D eigenvalue weighted by atomic mass is 16.6. The van der Waals surface area contributed by atoms with Crippen molar-refractivity contribution in [2.75, 3.05) is 32.9 Å². The van der Waals surface area contributed by atoms with Crippen molar-refractivity contribution in [2.24, 2.45) is 11.7 Å². The van der Waals surface area contributed by atoms with Gasteiger partial charge < -0.3 is 24.8 Å². The van der Waals surface area contributed by atoms with Crippen LogP contribution in [0.25, 0.3) is 0 Å². The Morgan fingerprint density at radius 1 is 1.20 bits per heavy atom. The van der Waals surface area contributed by atoms with Gasteiger partial charge in [-0.3, -0.25) is 9.59 Å². The van der Waals surface area contributed by atoms with Crippen LogP contribution in [0.3, 0.4) is 0 Å². The van der Waals surface area contributed by atoms with Crippen LogP contribution in [0.15, 0.2) is 18.2 Å². The van der Waals surface area contributed by atoms with Gasteiger partial charge in [0.25, 0.3) is 5.91 Å². The summed E-state index contributed by atoms with van der Waals surface area (Å²) in [5, 5.41) is 0. The number of likely N-dealkylation sites (tertiary alicyclic amines) is 1. The lowest BCUT2D eigenvalue weighted by Gasteiger charge is -2.31. The summed E-state index contributed by atoms with van der Waals surface area (Å²) in [7, 11) is 0.